The van der Waals surface area contributed by atoms with Crippen molar-refractivity contribution in [3.8, 4) is 11.5 Å². The van der Waals surface area contributed by atoms with Gasteiger partial charge in [-0.2, -0.15) is 4.99 Å². The molecule has 23 heavy (non-hydrogen) atoms. The normalized spacial score (nSPS) is 13.6. The highest BCUT2D eigenvalue weighted by Crippen LogP contribution is 2.36. The molecule has 1 amide bonds. The molecule has 1 aromatic carbocycles. The Morgan fingerprint density at radius 1 is 1.35 bits per heavy atom. The predicted molar refractivity (Wildman–Crippen MR) is 83.4 cm³/mol. The van der Waals surface area contributed by atoms with E-state index < -0.39 is 5.97 Å². The second-order valence-corrected chi connectivity index (χ2v) is 5.98. The van der Waals surface area contributed by atoms with Crippen LogP contribution in [0, 0.1) is 0 Å². The largest absolute Gasteiger partial charge is 0.468 e. The molecule has 2 heterocycles. The standard InChI is InChI=1S/C15H16N2O5S/c1-3-4-13(18)16-15-17(7-14(19)20-2)9-5-10-11(22-8-21-10)6-12(9)23-15/h5-6H,3-4,7-8H2,1-2H3. The summed E-state index contributed by atoms with van der Waals surface area (Å²) in [6.45, 7) is 2.07. The summed E-state index contributed by atoms with van der Waals surface area (Å²) >= 11 is 1.33. The van der Waals surface area contributed by atoms with Gasteiger partial charge in [-0.05, 0) is 6.42 Å². The molecule has 0 N–H and O–H groups in total. The van der Waals surface area contributed by atoms with Gasteiger partial charge in [-0.1, -0.05) is 18.3 Å². The highest BCUT2D eigenvalue weighted by Gasteiger charge is 2.19. The van der Waals surface area contributed by atoms with Gasteiger partial charge in [0.25, 0.3) is 0 Å². The van der Waals surface area contributed by atoms with E-state index in [2.05, 4.69) is 4.99 Å². The van der Waals surface area contributed by atoms with Crippen LogP contribution in [-0.2, 0) is 20.9 Å². The number of esters is 1. The Bertz CT molecular complexity index is 836. The number of hydrogen-bond acceptors (Lipinski definition) is 6. The quantitative estimate of drug-likeness (QED) is 0.796. The van der Waals surface area contributed by atoms with Gasteiger partial charge in [0.2, 0.25) is 12.7 Å². The monoisotopic (exact) mass is 336 g/mol. The van der Waals surface area contributed by atoms with Gasteiger partial charge in [-0.3, -0.25) is 9.59 Å². The lowest BCUT2D eigenvalue weighted by atomic mass is 10.3. The van der Waals surface area contributed by atoms with E-state index >= 15 is 0 Å². The van der Waals surface area contributed by atoms with Crippen LogP contribution in [0.4, 0.5) is 0 Å². The maximum absolute atomic E-state index is 11.9. The van der Waals surface area contributed by atoms with Crippen molar-refractivity contribution in [1.29, 1.82) is 0 Å². The van der Waals surface area contributed by atoms with Gasteiger partial charge in [0.1, 0.15) is 6.54 Å². The summed E-state index contributed by atoms with van der Waals surface area (Å²) in [5, 5.41) is 0. The first-order valence-corrected chi connectivity index (χ1v) is 8.01. The number of carbonyl (C=O) groups excluding carboxylic acids is 2. The molecule has 1 aliphatic heterocycles. The van der Waals surface area contributed by atoms with Crippen LogP contribution in [0.15, 0.2) is 17.1 Å². The zero-order valence-electron chi connectivity index (χ0n) is 12.8. The third-order valence-corrected chi connectivity index (χ3v) is 4.42. The first-order chi connectivity index (χ1) is 11.1. The van der Waals surface area contributed by atoms with Gasteiger partial charge in [0.15, 0.2) is 16.3 Å². The second kappa shape index (κ2) is 6.41. The fourth-order valence-corrected chi connectivity index (χ4v) is 3.32. The maximum atomic E-state index is 11.9. The lowest BCUT2D eigenvalue weighted by Gasteiger charge is -2.04. The van der Waals surface area contributed by atoms with Crippen molar-refractivity contribution in [2.45, 2.75) is 26.3 Å². The van der Waals surface area contributed by atoms with Gasteiger partial charge in [0, 0.05) is 18.6 Å². The zero-order valence-corrected chi connectivity index (χ0v) is 13.6. The molecule has 0 bridgehead atoms. The molecule has 1 aromatic heterocycles. The summed E-state index contributed by atoms with van der Waals surface area (Å²) in [5.74, 6) is 0.639. The van der Waals surface area contributed by atoms with E-state index in [-0.39, 0.29) is 19.2 Å². The molecule has 0 saturated carbocycles. The van der Waals surface area contributed by atoms with Crippen LogP contribution >= 0.6 is 11.3 Å². The van der Waals surface area contributed by atoms with Crippen LogP contribution < -0.4 is 14.3 Å². The number of ether oxygens (including phenoxy) is 3. The number of rotatable bonds is 4. The first-order valence-electron chi connectivity index (χ1n) is 7.19. The van der Waals surface area contributed by atoms with Crippen molar-refractivity contribution in [2.24, 2.45) is 4.99 Å². The fraction of sp³-hybridized carbons (Fsp3) is 0.400. The van der Waals surface area contributed by atoms with Gasteiger partial charge in [-0.25, -0.2) is 0 Å². The predicted octanol–water partition coefficient (Wildman–Crippen LogP) is 1.83. The van der Waals surface area contributed by atoms with Gasteiger partial charge in [0.05, 0.1) is 17.3 Å². The number of amides is 1. The Kier molecular flexibility index (Phi) is 4.33. The number of aromatic nitrogens is 1. The Labute approximate surface area is 136 Å². The van der Waals surface area contributed by atoms with E-state index in [1.165, 1.54) is 18.4 Å². The van der Waals surface area contributed by atoms with Gasteiger partial charge in [-0.15, -0.1) is 0 Å². The molecule has 7 nitrogen and oxygen atoms in total. The van der Waals surface area contributed by atoms with Crippen molar-refractivity contribution in [2.75, 3.05) is 13.9 Å². The lowest BCUT2D eigenvalue weighted by Crippen LogP contribution is -2.22. The molecule has 122 valence electrons. The molecule has 0 unspecified atom stereocenters. The first kappa shape index (κ1) is 15.5. The Morgan fingerprint density at radius 3 is 2.78 bits per heavy atom. The van der Waals surface area contributed by atoms with E-state index in [9.17, 15) is 9.59 Å². The molecule has 0 saturated heterocycles. The van der Waals surface area contributed by atoms with Crippen LogP contribution in [0.5, 0.6) is 11.5 Å². The summed E-state index contributed by atoms with van der Waals surface area (Å²) in [5.41, 5.74) is 0.757. The average molecular weight is 336 g/mol. The molecule has 0 radical (unpaired) electrons. The van der Waals surface area contributed by atoms with Crippen LogP contribution in [0.3, 0.4) is 0 Å². The smallest absolute Gasteiger partial charge is 0.325 e. The highest BCUT2D eigenvalue weighted by molar-refractivity contribution is 7.16. The van der Waals surface area contributed by atoms with Crippen molar-refractivity contribution < 1.29 is 23.8 Å². The highest BCUT2D eigenvalue weighted by atomic mass is 32.1. The van der Waals surface area contributed by atoms with E-state index in [0.717, 1.165) is 16.6 Å². The van der Waals surface area contributed by atoms with E-state index in [4.69, 9.17) is 14.2 Å². The number of carbonyl (C=O) groups is 2. The summed E-state index contributed by atoms with van der Waals surface area (Å²) in [6.07, 6.45) is 1.09. The topological polar surface area (TPSA) is 79.1 Å². The number of methoxy groups -OCH3 is 1. The molecular weight excluding hydrogens is 320 g/mol. The molecule has 0 atom stereocenters. The number of fused-ring (bicyclic) bond motifs is 2. The lowest BCUT2D eigenvalue weighted by molar-refractivity contribution is -0.141. The van der Waals surface area contributed by atoms with E-state index in [0.29, 0.717) is 22.7 Å². The van der Waals surface area contributed by atoms with Crippen molar-refractivity contribution in [1.82, 2.24) is 4.57 Å². The van der Waals surface area contributed by atoms with Crippen molar-refractivity contribution >= 4 is 33.4 Å². The van der Waals surface area contributed by atoms with Gasteiger partial charge < -0.3 is 18.8 Å². The molecule has 8 heteroatoms. The second-order valence-electron chi connectivity index (χ2n) is 4.98. The Morgan fingerprint density at radius 2 is 2.09 bits per heavy atom. The molecular formula is C15H16N2O5S. The summed E-state index contributed by atoms with van der Waals surface area (Å²) in [7, 11) is 1.32. The number of hydrogen-bond donors (Lipinski definition) is 0. The molecule has 2 aromatic rings. The third-order valence-electron chi connectivity index (χ3n) is 3.38. The number of thiazole rings is 1. The summed E-state index contributed by atoms with van der Waals surface area (Å²) in [4.78, 5) is 28.2. The maximum Gasteiger partial charge on any atom is 0.325 e. The minimum Gasteiger partial charge on any atom is -0.468 e. The fourth-order valence-electron chi connectivity index (χ4n) is 2.27. The van der Waals surface area contributed by atoms with Crippen LogP contribution in [-0.4, -0.2) is 30.3 Å². The Balaban J connectivity index is 2.16. The average Bonchev–Trinajstić information content (AvgIpc) is 3.10. The Hall–Kier alpha value is -2.35. The SMILES string of the molecule is CCCC(=O)N=c1sc2cc3c(cc2n1CC(=O)OC)OCO3. The molecule has 3 rings (SSSR count). The molecule has 1 aliphatic rings. The van der Waals surface area contributed by atoms with Crippen LogP contribution in [0.1, 0.15) is 19.8 Å². The summed E-state index contributed by atoms with van der Waals surface area (Å²) < 4.78 is 18.0. The molecule has 0 spiro atoms. The summed E-state index contributed by atoms with van der Waals surface area (Å²) in [6, 6.07) is 3.62. The zero-order chi connectivity index (χ0) is 16.4. The minimum atomic E-state index is -0.410. The molecule has 0 fully saturated rings. The van der Waals surface area contributed by atoms with Crippen molar-refractivity contribution in [3.63, 3.8) is 0 Å². The number of benzene rings is 1. The van der Waals surface area contributed by atoms with E-state index in [1.807, 2.05) is 13.0 Å². The van der Waals surface area contributed by atoms with Crippen molar-refractivity contribution in [3.05, 3.63) is 16.9 Å². The van der Waals surface area contributed by atoms with Crippen LogP contribution in [0.25, 0.3) is 10.2 Å². The van der Waals surface area contributed by atoms with Gasteiger partial charge >= 0.3 is 5.97 Å². The number of nitrogens with zero attached hydrogens (tertiary/aromatic N) is 2. The molecule has 0 aliphatic carbocycles. The minimum absolute atomic E-state index is 0.0195. The third kappa shape index (κ3) is 3.07. The van der Waals surface area contributed by atoms with E-state index in [1.54, 1.807) is 10.6 Å². The van der Waals surface area contributed by atoms with Crippen LogP contribution in [0.2, 0.25) is 0 Å².